The molecule has 2 rings (SSSR count). The third-order valence-electron chi connectivity index (χ3n) is 3.08. The van der Waals surface area contributed by atoms with Crippen LogP contribution in [-0.2, 0) is 11.3 Å². The van der Waals surface area contributed by atoms with Crippen molar-refractivity contribution in [2.24, 2.45) is 5.92 Å². The van der Waals surface area contributed by atoms with Crippen molar-refractivity contribution in [2.45, 2.75) is 19.4 Å². The van der Waals surface area contributed by atoms with Crippen LogP contribution in [0.4, 0.5) is 0 Å². The van der Waals surface area contributed by atoms with Crippen LogP contribution in [0.1, 0.15) is 17.7 Å². The van der Waals surface area contributed by atoms with Crippen molar-refractivity contribution >= 4 is 17.2 Å². The molecule has 1 unspecified atom stereocenters. The van der Waals surface area contributed by atoms with E-state index in [9.17, 15) is 4.79 Å². The Morgan fingerprint density at radius 2 is 2.56 bits per heavy atom. The van der Waals surface area contributed by atoms with Gasteiger partial charge in [-0.25, -0.2) is 0 Å². The van der Waals surface area contributed by atoms with Crippen molar-refractivity contribution in [1.82, 2.24) is 10.2 Å². The predicted molar refractivity (Wildman–Crippen MR) is 66.4 cm³/mol. The van der Waals surface area contributed by atoms with Gasteiger partial charge in [0.2, 0.25) is 5.91 Å². The molecule has 2 heterocycles. The Labute approximate surface area is 100 Å². The summed E-state index contributed by atoms with van der Waals surface area (Å²) in [5.74, 6) is 0.370. The summed E-state index contributed by atoms with van der Waals surface area (Å²) in [4.78, 5) is 15.4. The fourth-order valence-corrected chi connectivity index (χ4v) is 2.99. The summed E-state index contributed by atoms with van der Waals surface area (Å²) in [5.41, 5.74) is 0. The SMILES string of the molecule is CNC(=O)C1CCCN(Cc2cccs2)C1. The Morgan fingerprint density at radius 1 is 1.69 bits per heavy atom. The lowest BCUT2D eigenvalue weighted by Gasteiger charge is -2.31. The summed E-state index contributed by atoms with van der Waals surface area (Å²) in [5, 5.41) is 4.86. The third kappa shape index (κ3) is 2.83. The van der Waals surface area contributed by atoms with Crippen LogP contribution in [-0.4, -0.2) is 30.9 Å². The molecule has 16 heavy (non-hydrogen) atoms. The molecule has 1 aromatic rings. The normalized spacial score (nSPS) is 21.9. The Morgan fingerprint density at radius 3 is 3.25 bits per heavy atom. The summed E-state index contributed by atoms with van der Waals surface area (Å²) >= 11 is 1.79. The lowest BCUT2D eigenvalue weighted by molar-refractivity contribution is -0.126. The number of carbonyl (C=O) groups excluding carboxylic acids is 1. The molecule has 0 aliphatic carbocycles. The van der Waals surface area contributed by atoms with Crippen molar-refractivity contribution in [3.05, 3.63) is 22.4 Å². The van der Waals surface area contributed by atoms with Crippen molar-refractivity contribution in [1.29, 1.82) is 0 Å². The monoisotopic (exact) mass is 238 g/mol. The number of rotatable bonds is 3. The van der Waals surface area contributed by atoms with Gasteiger partial charge in [0.15, 0.2) is 0 Å². The fraction of sp³-hybridized carbons (Fsp3) is 0.583. The van der Waals surface area contributed by atoms with Gasteiger partial charge in [-0.05, 0) is 30.8 Å². The first-order valence-electron chi connectivity index (χ1n) is 5.76. The first-order chi connectivity index (χ1) is 7.79. The fourth-order valence-electron chi connectivity index (χ4n) is 2.24. The maximum absolute atomic E-state index is 11.6. The molecule has 1 aliphatic rings. The van der Waals surface area contributed by atoms with E-state index in [1.165, 1.54) is 4.88 Å². The Kier molecular flexibility index (Phi) is 3.96. The largest absolute Gasteiger partial charge is 0.359 e. The quantitative estimate of drug-likeness (QED) is 0.869. The Balaban J connectivity index is 1.89. The highest BCUT2D eigenvalue weighted by Gasteiger charge is 2.24. The molecule has 1 aromatic heterocycles. The van der Waals surface area contributed by atoms with E-state index in [2.05, 4.69) is 27.7 Å². The maximum Gasteiger partial charge on any atom is 0.224 e. The first-order valence-corrected chi connectivity index (χ1v) is 6.64. The molecule has 1 saturated heterocycles. The van der Waals surface area contributed by atoms with E-state index < -0.39 is 0 Å². The van der Waals surface area contributed by atoms with Crippen molar-refractivity contribution in [3.63, 3.8) is 0 Å². The maximum atomic E-state index is 11.6. The Bertz CT molecular complexity index is 337. The van der Waals surface area contributed by atoms with E-state index in [1.54, 1.807) is 18.4 Å². The minimum absolute atomic E-state index is 0.179. The molecule has 4 heteroatoms. The van der Waals surface area contributed by atoms with E-state index in [-0.39, 0.29) is 11.8 Å². The van der Waals surface area contributed by atoms with Crippen LogP contribution in [0, 0.1) is 5.92 Å². The highest BCUT2D eigenvalue weighted by molar-refractivity contribution is 7.09. The van der Waals surface area contributed by atoms with Gasteiger partial charge in [-0.1, -0.05) is 6.07 Å². The van der Waals surface area contributed by atoms with Gasteiger partial charge in [0.25, 0.3) is 0 Å². The van der Waals surface area contributed by atoms with E-state index in [4.69, 9.17) is 0 Å². The molecule has 0 spiro atoms. The number of likely N-dealkylation sites (tertiary alicyclic amines) is 1. The average molecular weight is 238 g/mol. The second-order valence-corrected chi connectivity index (χ2v) is 5.30. The Hall–Kier alpha value is -0.870. The number of nitrogens with zero attached hydrogens (tertiary/aromatic N) is 1. The second-order valence-electron chi connectivity index (χ2n) is 4.27. The number of amides is 1. The van der Waals surface area contributed by atoms with Gasteiger partial charge in [-0.2, -0.15) is 0 Å². The van der Waals surface area contributed by atoms with E-state index in [0.29, 0.717) is 0 Å². The van der Waals surface area contributed by atoms with Crippen LogP contribution < -0.4 is 5.32 Å². The average Bonchev–Trinajstić information content (AvgIpc) is 2.81. The topological polar surface area (TPSA) is 32.3 Å². The number of thiophene rings is 1. The molecular formula is C12H18N2OS. The summed E-state index contributed by atoms with van der Waals surface area (Å²) in [6, 6.07) is 4.24. The molecule has 1 aliphatic heterocycles. The van der Waals surface area contributed by atoms with E-state index in [1.807, 2.05) is 0 Å². The molecule has 1 atom stereocenters. The van der Waals surface area contributed by atoms with Gasteiger partial charge in [-0.3, -0.25) is 9.69 Å². The predicted octanol–water partition coefficient (Wildman–Crippen LogP) is 1.71. The molecule has 88 valence electrons. The number of nitrogens with one attached hydrogen (secondary N) is 1. The van der Waals surface area contributed by atoms with Gasteiger partial charge < -0.3 is 5.32 Å². The smallest absolute Gasteiger partial charge is 0.224 e. The molecule has 1 fully saturated rings. The van der Waals surface area contributed by atoms with Gasteiger partial charge >= 0.3 is 0 Å². The van der Waals surface area contributed by atoms with E-state index in [0.717, 1.165) is 32.5 Å². The zero-order valence-electron chi connectivity index (χ0n) is 9.61. The molecule has 0 aromatic carbocycles. The van der Waals surface area contributed by atoms with Crippen molar-refractivity contribution in [3.8, 4) is 0 Å². The van der Waals surface area contributed by atoms with Gasteiger partial charge in [-0.15, -0.1) is 11.3 Å². The summed E-state index contributed by atoms with van der Waals surface area (Å²) < 4.78 is 0. The lowest BCUT2D eigenvalue weighted by atomic mass is 9.97. The van der Waals surface area contributed by atoms with Gasteiger partial charge in [0.1, 0.15) is 0 Å². The van der Waals surface area contributed by atoms with Crippen LogP contribution in [0.15, 0.2) is 17.5 Å². The highest BCUT2D eigenvalue weighted by Crippen LogP contribution is 2.20. The summed E-state index contributed by atoms with van der Waals surface area (Å²) in [7, 11) is 1.72. The standard InChI is InChI=1S/C12H18N2OS/c1-13-12(15)10-4-2-6-14(8-10)9-11-5-3-7-16-11/h3,5,7,10H,2,4,6,8-9H2,1H3,(H,13,15). The van der Waals surface area contributed by atoms with Crippen molar-refractivity contribution < 1.29 is 4.79 Å². The zero-order valence-corrected chi connectivity index (χ0v) is 10.4. The van der Waals surface area contributed by atoms with E-state index >= 15 is 0 Å². The number of piperidine rings is 1. The molecular weight excluding hydrogens is 220 g/mol. The minimum Gasteiger partial charge on any atom is -0.359 e. The van der Waals surface area contributed by atoms with Crippen LogP contribution >= 0.6 is 11.3 Å². The van der Waals surface area contributed by atoms with Crippen LogP contribution in [0.3, 0.4) is 0 Å². The second kappa shape index (κ2) is 5.46. The molecule has 1 amide bonds. The van der Waals surface area contributed by atoms with Gasteiger partial charge in [0, 0.05) is 25.0 Å². The van der Waals surface area contributed by atoms with Crippen molar-refractivity contribution in [2.75, 3.05) is 20.1 Å². The van der Waals surface area contributed by atoms with Crippen LogP contribution in [0.25, 0.3) is 0 Å². The third-order valence-corrected chi connectivity index (χ3v) is 3.94. The molecule has 0 radical (unpaired) electrons. The lowest BCUT2D eigenvalue weighted by Crippen LogP contribution is -2.41. The minimum atomic E-state index is 0.179. The highest BCUT2D eigenvalue weighted by atomic mass is 32.1. The van der Waals surface area contributed by atoms with Crippen LogP contribution in [0.2, 0.25) is 0 Å². The molecule has 0 bridgehead atoms. The molecule has 0 saturated carbocycles. The molecule has 1 N–H and O–H groups in total. The number of hydrogen-bond acceptors (Lipinski definition) is 3. The summed E-state index contributed by atoms with van der Waals surface area (Å²) in [6.45, 7) is 3.01. The first kappa shape index (κ1) is 11.6. The number of carbonyl (C=O) groups is 1. The summed E-state index contributed by atoms with van der Waals surface area (Å²) in [6.07, 6.45) is 2.16. The zero-order chi connectivity index (χ0) is 11.4. The molecule has 3 nitrogen and oxygen atoms in total. The van der Waals surface area contributed by atoms with Gasteiger partial charge in [0.05, 0.1) is 5.92 Å². The number of hydrogen-bond donors (Lipinski definition) is 1. The van der Waals surface area contributed by atoms with Crippen LogP contribution in [0.5, 0.6) is 0 Å².